The maximum Gasteiger partial charge on any atom is -0.0290 e. The Morgan fingerprint density at radius 3 is 2.15 bits per heavy atom. The third-order valence-electron chi connectivity index (χ3n) is 5.35. The van der Waals surface area contributed by atoms with Gasteiger partial charge in [0.25, 0.3) is 0 Å². The van der Waals surface area contributed by atoms with Crippen LogP contribution in [0.4, 0.5) is 0 Å². The first-order valence-electron chi connectivity index (χ1n) is 6.21. The van der Waals surface area contributed by atoms with Gasteiger partial charge >= 0.3 is 0 Å². The molecular weight excluding hydrogens is 156 g/mol. The van der Waals surface area contributed by atoms with Crippen molar-refractivity contribution in [1.29, 1.82) is 0 Å². The van der Waals surface area contributed by atoms with Gasteiger partial charge in [0.15, 0.2) is 0 Å². The van der Waals surface area contributed by atoms with Gasteiger partial charge in [-0.05, 0) is 61.2 Å². The fourth-order valence-electron chi connectivity index (χ4n) is 5.38. The molecule has 0 amide bonds. The Balaban J connectivity index is 1.93. The lowest BCUT2D eigenvalue weighted by molar-refractivity contribution is -0.0995. The molecule has 74 valence electrons. The van der Waals surface area contributed by atoms with Crippen LogP contribution in [0.1, 0.15) is 52.4 Å². The lowest BCUT2D eigenvalue weighted by atomic mass is 9.45. The van der Waals surface area contributed by atoms with E-state index in [-0.39, 0.29) is 0 Å². The highest BCUT2D eigenvalue weighted by atomic mass is 14.6. The maximum absolute atomic E-state index is 2.59. The second-order valence-electron chi connectivity index (χ2n) is 6.28. The monoisotopic (exact) mass is 178 g/mol. The maximum atomic E-state index is 2.59. The zero-order valence-corrected chi connectivity index (χ0v) is 9.05. The van der Waals surface area contributed by atoms with Crippen molar-refractivity contribution in [1.82, 2.24) is 0 Å². The van der Waals surface area contributed by atoms with E-state index in [9.17, 15) is 0 Å². The molecule has 3 unspecified atom stereocenters. The zero-order valence-electron chi connectivity index (χ0n) is 9.05. The topological polar surface area (TPSA) is 0 Å². The largest absolute Gasteiger partial charge is 0.0651 e. The predicted molar refractivity (Wildman–Crippen MR) is 55.4 cm³/mol. The van der Waals surface area contributed by atoms with Crippen molar-refractivity contribution in [2.45, 2.75) is 52.4 Å². The molecule has 4 bridgehead atoms. The average molecular weight is 178 g/mol. The minimum absolute atomic E-state index is 0.767. The van der Waals surface area contributed by atoms with Gasteiger partial charge in [0.05, 0.1) is 0 Å². The molecule has 0 aromatic carbocycles. The Bertz CT molecular complexity index is 204. The normalized spacial score (nSPS) is 58.6. The van der Waals surface area contributed by atoms with E-state index in [0.29, 0.717) is 0 Å². The highest BCUT2D eigenvalue weighted by Crippen LogP contribution is 2.63. The molecule has 0 heteroatoms. The first kappa shape index (κ1) is 8.32. The van der Waals surface area contributed by atoms with Gasteiger partial charge in [0, 0.05) is 0 Å². The highest BCUT2D eigenvalue weighted by molar-refractivity contribution is 5.03. The molecule has 3 atom stereocenters. The molecule has 0 aromatic heterocycles. The zero-order chi connectivity index (χ0) is 9.05. The average Bonchev–Trinajstić information content (AvgIpc) is 2.00. The SMILES string of the molecule is CCC1C2CC3CC(C2)CC1(C)C3. The quantitative estimate of drug-likeness (QED) is 0.572. The number of rotatable bonds is 1. The molecule has 4 fully saturated rings. The minimum atomic E-state index is 0.767. The van der Waals surface area contributed by atoms with Crippen molar-refractivity contribution >= 4 is 0 Å². The summed E-state index contributed by atoms with van der Waals surface area (Å²) in [5.74, 6) is 4.47. The Morgan fingerprint density at radius 2 is 1.69 bits per heavy atom. The Kier molecular flexibility index (Phi) is 1.61. The third kappa shape index (κ3) is 1.04. The van der Waals surface area contributed by atoms with Gasteiger partial charge in [-0.2, -0.15) is 0 Å². The summed E-state index contributed by atoms with van der Waals surface area (Å²) in [6.45, 7) is 5.00. The molecule has 4 saturated carbocycles. The Morgan fingerprint density at radius 1 is 1.08 bits per heavy atom. The molecule has 13 heavy (non-hydrogen) atoms. The summed E-state index contributed by atoms with van der Waals surface area (Å²) < 4.78 is 0. The standard InChI is InChI=1S/C13H22/c1-3-12-11-5-9-4-10(6-11)8-13(12,2)7-9/h9-12H,3-8H2,1-2H3. The molecule has 0 heterocycles. The first-order chi connectivity index (χ1) is 6.21. The van der Waals surface area contributed by atoms with Gasteiger partial charge < -0.3 is 0 Å². The van der Waals surface area contributed by atoms with Crippen LogP contribution in [0.25, 0.3) is 0 Å². The molecule has 4 aliphatic carbocycles. The summed E-state index contributed by atoms with van der Waals surface area (Å²) in [5, 5.41) is 0. The van der Waals surface area contributed by atoms with Crippen molar-refractivity contribution in [3.05, 3.63) is 0 Å². The predicted octanol–water partition coefficient (Wildman–Crippen LogP) is 3.86. The second-order valence-corrected chi connectivity index (χ2v) is 6.28. The van der Waals surface area contributed by atoms with E-state index >= 15 is 0 Å². The van der Waals surface area contributed by atoms with E-state index in [4.69, 9.17) is 0 Å². The highest BCUT2D eigenvalue weighted by Gasteiger charge is 2.53. The van der Waals surface area contributed by atoms with E-state index in [0.717, 1.165) is 29.1 Å². The van der Waals surface area contributed by atoms with Crippen LogP contribution in [-0.4, -0.2) is 0 Å². The fraction of sp³-hybridized carbons (Fsp3) is 1.00. The minimum Gasteiger partial charge on any atom is -0.0651 e. The van der Waals surface area contributed by atoms with E-state index < -0.39 is 0 Å². The third-order valence-corrected chi connectivity index (χ3v) is 5.35. The van der Waals surface area contributed by atoms with Crippen LogP contribution < -0.4 is 0 Å². The van der Waals surface area contributed by atoms with Crippen LogP contribution in [-0.2, 0) is 0 Å². The molecule has 0 spiro atoms. The lowest BCUT2D eigenvalue weighted by Crippen LogP contribution is -2.50. The van der Waals surface area contributed by atoms with Gasteiger partial charge in [-0.15, -0.1) is 0 Å². The second kappa shape index (κ2) is 2.52. The van der Waals surface area contributed by atoms with Crippen molar-refractivity contribution in [3.63, 3.8) is 0 Å². The Hall–Kier alpha value is 0. The molecule has 0 aliphatic heterocycles. The molecule has 0 saturated heterocycles. The summed E-state index contributed by atoms with van der Waals surface area (Å²) in [7, 11) is 0. The Labute approximate surface area is 82.1 Å². The van der Waals surface area contributed by atoms with Crippen LogP contribution in [0, 0.1) is 29.1 Å². The summed E-state index contributed by atoms with van der Waals surface area (Å²) in [6.07, 6.45) is 9.34. The molecular formula is C13H22. The van der Waals surface area contributed by atoms with Gasteiger partial charge in [-0.25, -0.2) is 0 Å². The van der Waals surface area contributed by atoms with Gasteiger partial charge in [0.2, 0.25) is 0 Å². The molecule has 0 aromatic rings. The number of hydrogen-bond acceptors (Lipinski definition) is 0. The van der Waals surface area contributed by atoms with Crippen molar-refractivity contribution in [2.75, 3.05) is 0 Å². The van der Waals surface area contributed by atoms with E-state index in [1.165, 1.54) is 6.42 Å². The number of hydrogen-bond donors (Lipinski definition) is 0. The van der Waals surface area contributed by atoms with Crippen LogP contribution in [0.3, 0.4) is 0 Å². The van der Waals surface area contributed by atoms with E-state index in [1.807, 2.05) is 0 Å². The van der Waals surface area contributed by atoms with Crippen molar-refractivity contribution in [2.24, 2.45) is 29.1 Å². The molecule has 4 rings (SSSR count). The summed E-state index contributed by atoms with van der Waals surface area (Å²) in [4.78, 5) is 0. The molecule has 4 aliphatic rings. The van der Waals surface area contributed by atoms with Crippen LogP contribution >= 0.6 is 0 Å². The fourth-order valence-corrected chi connectivity index (χ4v) is 5.38. The molecule has 0 radical (unpaired) electrons. The summed E-state index contributed by atoms with van der Waals surface area (Å²) >= 11 is 0. The smallest absolute Gasteiger partial charge is 0.0290 e. The molecule has 0 nitrogen and oxygen atoms in total. The first-order valence-corrected chi connectivity index (χ1v) is 6.21. The molecule has 0 N–H and O–H groups in total. The summed E-state index contributed by atoms with van der Waals surface area (Å²) in [5.41, 5.74) is 0.767. The van der Waals surface area contributed by atoms with Gasteiger partial charge in [-0.1, -0.05) is 20.3 Å². The van der Waals surface area contributed by atoms with Crippen LogP contribution in [0.15, 0.2) is 0 Å². The van der Waals surface area contributed by atoms with E-state index in [2.05, 4.69) is 13.8 Å². The van der Waals surface area contributed by atoms with E-state index in [1.54, 1.807) is 32.1 Å². The van der Waals surface area contributed by atoms with Crippen molar-refractivity contribution in [3.8, 4) is 0 Å². The summed E-state index contributed by atoms with van der Waals surface area (Å²) in [6, 6.07) is 0. The lowest BCUT2D eigenvalue weighted by Gasteiger charge is -2.60. The van der Waals surface area contributed by atoms with Gasteiger partial charge in [-0.3, -0.25) is 0 Å². The van der Waals surface area contributed by atoms with Crippen LogP contribution in [0.5, 0.6) is 0 Å². The van der Waals surface area contributed by atoms with Crippen molar-refractivity contribution < 1.29 is 0 Å². The van der Waals surface area contributed by atoms with Gasteiger partial charge in [0.1, 0.15) is 0 Å². The van der Waals surface area contributed by atoms with Crippen LogP contribution in [0.2, 0.25) is 0 Å².